The maximum Gasteiger partial charge on any atom is 0.200 e. The minimum Gasteiger partial charge on any atom is -0.366 e. The van der Waals surface area contributed by atoms with Crippen LogP contribution in [0.25, 0.3) is 16.2 Å². The van der Waals surface area contributed by atoms with E-state index in [0.29, 0.717) is 12.5 Å². The van der Waals surface area contributed by atoms with Gasteiger partial charge in [0.05, 0.1) is 28.5 Å². The number of hydrogen-bond donors (Lipinski definition) is 1. The van der Waals surface area contributed by atoms with E-state index in [9.17, 15) is 0 Å². The van der Waals surface area contributed by atoms with Crippen LogP contribution in [0.15, 0.2) is 36.0 Å². The summed E-state index contributed by atoms with van der Waals surface area (Å²) in [5.41, 5.74) is 4.79. The van der Waals surface area contributed by atoms with Crippen molar-refractivity contribution in [3.05, 3.63) is 47.4 Å². The number of nitrogens with one attached hydrogen (secondary N) is 1. The number of aromatic nitrogens is 6. The molecule has 0 saturated carbocycles. The van der Waals surface area contributed by atoms with Gasteiger partial charge in [0.15, 0.2) is 0 Å². The summed E-state index contributed by atoms with van der Waals surface area (Å²) in [6.45, 7) is 4.96. The largest absolute Gasteiger partial charge is 0.366 e. The van der Waals surface area contributed by atoms with Gasteiger partial charge in [-0.15, -0.1) is 21.5 Å². The van der Waals surface area contributed by atoms with Crippen molar-refractivity contribution in [2.75, 3.05) is 11.9 Å². The van der Waals surface area contributed by atoms with Crippen LogP contribution in [-0.4, -0.2) is 37.1 Å². The number of nitrogens with zero attached hydrogens (tertiary/aromatic N) is 6. The van der Waals surface area contributed by atoms with E-state index in [2.05, 4.69) is 67.8 Å². The van der Waals surface area contributed by atoms with Gasteiger partial charge < -0.3 is 4.90 Å². The van der Waals surface area contributed by atoms with E-state index >= 15 is 0 Å². The van der Waals surface area contributed by atoms with Crippen LogP contribution < -0.4 is 4.90 Å². The molecule has 0 aromatic carbocycles. The van der Waals surface area contributed by atoms with E-state index < -0.39 is 0 Å². The lowest BCUT2D eigenvalue weighted by Gasteiger charge is -2.20. The topological polar surface area (TPSA) is 75.0 Å². The van der Waals surface area contributed by atoms with E-state index in [1.54, 1.807) is 22.2 Å². The Labute approximate surface area is 149 Å². The van der Waals surface area contributed by atoms with E-state index in [0.717, 1.165) is 33.3 Å². The Morgan fingerprint density at radius 3 is 2.96 bits per heavy atom. The molecule has 25 heavy (non-hydrogen) atoms. The molecular formula is C17H19N7S. The van der Waals surface area contributed by atoms with Gasteiger partial charge in [-0.05, 0) is 29.5 Å². The second kappa shape index (κ2) is 6.29. The van der Waals surface area contributed by atoms with Crippen LogP contribution in [0.5, 0.6) is 0 Å². The van der Waals surface area contributed by atoms with Crippen LogP contribution in [0.4, 0.5) is 5.69 Å². The molecule has 0 saturated heterocycles. The molecule has 8 heteroatoms. The molecule has 0 atom stereocenters. The number of aromatic amines is 1. The summed E-state index contributed by atoms with van der Waals surface area (Å²) >= 11 is 1.69. The van der Waals surface area contributed by atoms with Crippen LogP contribution in [0.1, 0.15) is 31.2 Å². The molecule has 4 aromatic rings. The Morgan fingerprint density at radius 1 is 1.32 bits per heavy atom. The first-order valence-electron chi connectivity index (χ1n) is 8.12. The second-order valence-corrected chi connectivity index (χ2v) is 7.27. The number of fused-ring (bicyclic) bond motifs is 1. The van der Waals surface area contributed by atoms with Gasteiger partial charge in [0, 0.05) is 7.05 Å². The predicted octanol–water partition coefficient (Wildman–Crippen LogP) is 3.34. The lowest BCUT2D eigenvalue weighted by Crippen LogP contribution is -2.19. The zero-order valence-corrected chi connectivity index (χ0v) is 15.2. The molecular weight excluding hydrogens is 334 g/mol. The summed E-state index contributed by atoms with van der Waals surface area (Å²) in [5.74, 6) is 0.330. The quantitative estimate of drug-likeness (QED) is 0.595. The third-order valence-electron chi connectivity index (χ3n) is 4.08. The number of rotatable bonds is 5. The molecule has 0 amide bonds. The SMILES string of the molecule is CC(C)c1cc(N(C)Cc2cc(-c3cccs3)n[nH]2)c2nncn2n1. The van der Waals surface area contributed by atoms with Gasteiger partial charge in [-0.3, -0.25) is 5.10 Å². The Hall–Kier alpha value is -2.74. The maximum absolute atomic E-state index is 4.57. The average Bonchev–Trinajstić information content (AvgIpc) is 3.33. The third kappa shape index (κ3) is 3.00. The predicted molar refractivity (Wildman–Crippen MR) is 98.9 cm³/mol. The van der Waals surface area contributed by atoms with Crippen molar-refractivity contribution in [1.29, 1.82) is 0 Å². The number of thiophene rings is 1. The van der Waals surface area contributed by atoms with Crippen molar-refractivity contribution in [2.24, 2.45) is 0 Å². The summed E-state index contributed by atoms with van der Waals surface area (Å²) < 4.78 is 1.74. The minimum absolute atomic E-state index is 0.330. The molecule has 7 nitrogen and oxygen atoms in total. The van der Waals surface area contributed by atoms with Gasteiger partial charge >= 0.3 is 0 Å². The van der Waals surface area contributed by atoms with Gasteiger partial charge in [-0.25, -0.2) is 0 Å². The van der Waals surface area contributed by atoms with Crippen LogP contribution in [0.3, 0.4) is 0 Å². The zero-order chi connectivity index (χ0) is 17.4. The average molecular weight is 353 g/mol. The van der Waals surface area contributed by atoms with Crippen LogP contribution >= 0.6 is 11.3 Å². The lowest BCUT2D eigenvalue weighted by molar-refractivity contribution is 0.756. The molecule has 0 spiro atoms. The Morgan fingerprint density at radius 2 is 2.20 bits per heavy atom. The summed E-state index contributed by atoms with van der Waals surface area (Å²) in [4.78, 5) is 3.31. The molecule has 128 valence electrons. The van der Waals surface area contributed by atoms with Crippen molar-refractivity contribution in [2.45, 2.75) is 26.3 Å². The highest BCUT2D eigenvalue weighted by Crippen LogP contribution is 2.26. The van der Waals surface area contributed by atoms with Crippen molar-refractivity contribution < 1.29 is 0 Å². The van der Waals surface area contributed by atoms with Gasteiger partial charge in [-0.1, -0.05) is 19.9 Å². The molecule has 0 fully saturated rings. The lowest BCUT2D eigenvalue weighted by atomic mass is 10.1. The molecule has 0 unspecified atom stereocenters. The van der Waals surface area contributed by atoms with E-state index in [1.807, 2.05) is 13.1 Å². The Balaban J connectivity index is 1.64. The molecule has 0 aliphatic carbocycles. The van der Waals surface area contributed by atoms with Crippen LogP contribution in [0, 0.1) is 0 Å². The fourth-order valence-corrected chi connectivity index (χ4v) is 3.41. The molecule has 0 bridgehead atoms. The highest BCUT2D eigenvalue weighted by Gasteiger charge is 2.15. The maximum atomic E-state index is 4.57. The van der Waals surface area contributed by atoms with Crippen LogP contribution in [0.2, 0.25) is 0 Å². The third-order valence-corrected chi connectivity index (χ3v) is 4.97. The van der Waals surface area contributed by atoms with Crippen LogP contribution in [-0.2, 0) is 6.54 Å². The summed E-state index contributed by atoms with van der Waals surface area (Å²) in [6.07, 6.45) is 1.64. The zero-order valence-electron chi connectivity index (χ0n) is 14.3. The van der Waals surface area contributed by atoms with Gasteiger partial charge in [-0.2, -0.15) is 14.7 Å². The highest BCUT2D eigenvalue weighted by atomic mass is 32.1. The molecule has 0 aliphatic heterocycles. The normalized spacial score (nSPS) is 11.5. The summed E-state index contributed by atoms with van der Waals surface area (Å²) in [7, 11) is 2.04. The first-order chi connectivity index (χ1) is 12.1. The van der Waals surface area contributed by atoms with E-state index in [-0.39, 0.29) is 0 Å². The standard InChI is InChI=1S/C17H19N7S/c1-11(2)13-8-15(17-21-18-10-24(17)22-13)23(3)9-12-7-14(20-19-12)16-5-4-6-25-16/h4-8,10-11H,9H2,1-3H3,(H,19,20). The van der Waals surface area contributed by atoms with Crippen molar-refractivity contribution in [3.8, 4) is 10.6 Å². The second-order valence-electron chi connectivity index (χ2n) is 6.32. The molecule has 4 aromatic heterocycles. The Bertz CT molecular complexity index is 984. The smallest absolute Gasteiger partial charge is 0.200 e. The number of anilines is 1. The van der Waals surface area contributed by atoms with Gasteiger partial charge in [0.2, 0.25) is 5.65 Å². The number of hydrogen-bond acceptors (Lipinski definition) is 6. The monoisotopic (exact) mass is 353 g/mol. The first kappa shape index (κ1) is 15.8. The minimum atomic E-state index is 0.330. The summed E-state index contributed by atoms with van der Waals surface area (Å²) in [6, 6.07) is 8.29. The fraction of sp³-hybridized carbons (Fsp3) is 0.294. The molecule has 0 aliphatic rings. The van der Waals surface area contributed by atoms with E-state index in [1.165, 1.54) is 0 Å². The van der Waals surface area contributed by atoms with E-state index in [4.69, 9.17) is 0 Å². The molecule has 4 heterocycles. The van der Waals surface area contributed by atoms with Crippen molar-refractivity contribution in [1.82, 2.24) is 30.0 Å². The molecule has 1 N–H and O–H groups in total. The summed E-state index contributed by atoms with van der Waals surface area (Å²) in [5, 5.41) is 22.4. The van der Waals surface area contributed by atoms with Crippen molar-refractivity contribution >= 4 is 22.7 Å². The van der Waals surface area contributed by atoms with Gasteiger partial charge in [0.25, 0.3) is 0 Å². The first-order valence-corrected chi connectivity index (χ1v) is 9.00. The molecule has 0 radical (unpaired) electrons. The Kier molecular flexibility index (Phi) is 3.96. The fourth-order valence-electron chi connectivity index (χ4n) is 2.73. The highest BCUT2D eigenvalue weighted by molar-refractivity contribution is 7.13. The van der Waals surface area contributed by atoms with Gasteiger partial charge in [0.1, 0.15) is 12.0 Å². The number of H-pyrrole nitrogens is 1. The molecule has 4 rings (SSSR count). The van der Waals surface area contributed by atoms with Crippen molar-refractivity contribution in [3.63, 3.8) is 0 Å².